The molecule has 2 aliphatic rings. The van der Waals surface area contributed by atoms with Crippen molar-refractivity contribution in [3.05, 3.63) is 54.3 Å². The number of carbonyl (C=O) groups is 2. The number of phenols is 1. The number of phenolic OH excluding ortho intramolecular Hbond substituents is 1. The highest BCUT2D eigenvalue weighted by atomic mass is 19.4. The maximum atomic E-state index is 13.3. The van der Waals surface area contributed by atoms with Crippen molar-refractivity contribution < 1.29 is 47.0 Å². The molecule has 6 rings (SSSR count). The molecular formula is C27H25F3N6O7. The molecular weight excluding hydrogens is 577 g/mol. The molecule has 16 heteroatoms. The van der Waals surface area contributed by atoms with Gasteiger partial charge in [0.05, 0.1) is 29.1 Å². The average Bonchev–Trinajstić information content (AvgIpc) is 3.73. The van der Waals surface area contributed by atoms with E-state index in [0.717, 1.165) is 6.26 Å². The first-order valence-corrected chi connectivity index (χ1v) is 13.4. The zero-order chi connectivity index (χ0) is 30.3. The summed E-state index contributed by atoms with van der Waals surface area (Å²) in [5.74, 6) is -0.764. The zero-order valence-electron chi connectivity index (χ0n) is 22.4. The number of aromatic nitrogens is 4. The molecule has 13 nitrogen and oxygen atoms in total. The maximum Gasteiger partial charge on any atom is 0.437 e. The SMILES string of the molecule is O=C(O[C@H]1CC[C@H](O)C1)N1CCN(C(=O)c2ccc(Oc3nccn4c(-c5conc5C(F)(F)F)cnc34)cc2O)CC1. The number of carbonyl (C=O) groups excluding carboxylic acids is 2. The summed E-state index contributed by atoms with van der Waals surface area (Å²) in [5, 5.41) is 23.3. The molecule has 0 unspecified atom stereocenters. The molecule has 0 radical (unpaired) electrons. The van der Waals surface area contributed by atoms with E-state index in [-0.39, 0.29) is 72.1 Å². The zero-order valence-corrected chi connectivity index (χ0v) is 22.4. The molecule has 1 aliphatic heterocycles. The first kappa shape index (κ1) is 28.3. The molecule has 1 aliphatic carbocycles. The Bertz CT molecular complexity index is 1660. The second kappa shape index (κ2) is 11.1. The number of imidazole rings is 1. The number of benzene rings is 1. The summed E-state index contributed by atoms with van der Waals surface area (Å²) in [5.41, 5.74) is -1.36. The van der Waals surface area contributed by atoms with Gasteiger partial charge in [0.2, 0.25) is 5.65 Å². The van der Waals surface area contributed by atoms with Gasteiger partial charge >= 0.3 is 12.3 Å². The van der Waals surface area contributed by atoms with Gasteiger partial charge in [-0.1, -0.05) is 5.16 Å². The molecule has 4 aromatic rings. The molecule has 1 saturated heterocycles. The lowest BCUT2D eigenvalue weighted by molar-refractivity contribution is -0.142. The van der Waals surface area contributed by atoms with Gasteiger partial charge in [0.1, 0.15) is 23.9 Å². The third-order valence-electron chi connectivity index (χ3n) is 7.37. The third-order valence-corrected chi connectivity index (χ3v) is 7.37. The number of hydrogen-bond donors (Lipinski definition) is 2. The van der Waals surface area contributed by atoms with Gasteiger partial charge in [-0.15, -0.1) is 0 Å². The van der Waals surface area contributed by atoms with E-state index in [0.29, 0.717) is 19.3 Å². The van der Waals surface area contributed by atoms with Crippen molar-refractivity contribution in [1.29, 1.82) is 0 Å². The maximum absolute atomic E-state index is 13.3. The Balaban J connectivity index is 1.12. The van der Waals surface area contributed by atoms with E-state index >= 15 is 0 Å². The molecule has 4 heterocycles. The fraction of sp³-hybridized carbons (Fsp3) is 0.370. The molecule has 0 bridgehead atoms. The Morgan fingerprint density at radius 1 is 1.07 bits per heavy atom. The van der Waals surface area contributed by atoms with Crippen molar-refractivity contribution in [2.75, 3.05) is 26.2 Å². The molecule has 2 atom stereocenters. The van der Waals surface area contributed by atoms with Crippen LogP contribution in [0.2, 0.25) is 0 Å². The van der Waals surface area contributed by atoms with E-state index in [1.165, 1.54) is 51.0 Å². The van der Waals surface area contributed by atoms with E-state index < -0.39 is 30.0 Å². The molecule has 2 N–H and O–H groups in total. The Hall–Kier alpha value is -4.86. The number of aliphatic hydroxyl groups is 1. The normalized spacial score (nSPS) is 19.2. The standard InChI is InChI=1S/C27H25F3N6O7/c28-27(29,30)22-19(14-41-33-22)20-13-32-23-24(31-5-6-36(20)23)42-17-3-4-18(21(38)12-17)25(39)34-7-9-35(10-8-34)26(40)43-16-2-1-15(37)11-16/h3-6,12-16,37-38H,1-2,7-11H2/t15-,16-/m0/s1. The highest BCUT2D eigenvalue weighted by Crippen LogP contribution is 2.37. The van der Waals surface area contributed by atoms with E-state index in [9.17, 15) is 33.0 Å². The second-order valence-corrected chi connectivity index (χ2v) is 10.2. The van der Waals surface area contributed by atoms with Crippen LogP contribution in [0.25, 0.3) is 16.9 Å². The van der Waals surface area contributed by atoms with Gasteiger partial charge < -0.3 is 34.0 Å². The lowest BCUT2D eigenvalue weighted by Crippen LogP contribution is -2.51. The van der Waals surface area contributed by atoms with Crippen molar-refractivity contribution in [2.24, 2.45) is 0 Å². The molecule has 1 saturated carbocycles. The smallest absolute Gasteiger partial charge is 0.437 e. The first-order valence-electron chi connectivity index (χ1n) is 13.4. The number of amides is 2. The minimum atomic E-state index is -4.74. The number of aliphatic hydroxyl groups excluding tert-OH is 1. The van der Waals surface area contributed by atoms with Crippen LogP contribution in [-0.2, 0) is 10.9 Å². The van der Waals surface area contributed by atoms with Gasteiger partial charge in [0, 0.05) is 51.1 Å². The van der Waals surface area contributed by atoms with Crippen LogP contribution in [0.3, 0.4) is 0 Å². The number of piperazine rings is 1. The highest BCUT2D eigenvalue weighted by Gasteiger charge is 2.39. The van der Waals surface area contributed by atoms with Gasteiger partial charge in [-0.3, -0.25) is 9.20 Å². The second-order valence-electron chi connectivity index (χ2n) is 10.2. The molecule has 226 valence electrons. The first-order chi connectivity index (χ1) is 20.6. The van der Waals surface area contributed by atoms with E-state index in [4.69, 9.17) is 9.47 Å². The van der Waals surface area contributed by atoms with Crippen molar-refractivity contribution in [2.45, 2.75) is 37.6 Å². The summed E-state index contributed by atoms with van der Waals surface area (Å²) >= 11 is 0. The summed E-state index contributed by atoms with van der Waals surface area (Å²) in [6.07, 6.45) is 0.413. The summed E-state index contributed by atoms with van der Waals surface area (Å²) in [6.45, 7) is 0.969. The van der Waals surface area contributed by atoms with Crippen LogP contribution in [-0.4, -0.2) is 89.9 Å². The molecule has 2 fully saturated rings. The number of fused-ring (bicyclic) bond motifs is 1. The van der Waals surface area contributed by atoms with Gasteiger partial charge in [-0.25, -0.2) is 14.8 Å². The van der Waals surface area contributed by atoms with Crippen molar-refractivity contribution in [3.8, 4) is 28.6 Å². The molecule has 3 aromatic heterocycles. The predicted molar refractivity (Wildman–Crippen MR) is 139 cm³/mol. The minimum absolute atomic E-state index is 0.0183. The minimum Gasteiger partial charge on any atom is -0.507 e. The van der Waals surface area contributed by atoms with Crippen LogP contribution < -0.4 is 4.74 Å². The molecule has 43 heavy (non-hydrogen) atoms. The summed E-state index contributed by atoms with van der Waals surface area (Å²) < 4.78 is 57.1. The number of alkyl halides is 3. The van der Waals surface area contributed by atoms with Crippen LogP contribution in [0.4, 0.5) is 18.0 Å². The van der Waals surface area contributed by atoms with Crippen LogP contribution >= 0.6 is 0 Å². The van der Waals surface area contributed by atoms with E-state index in [1.54, 1.807) is 0 Å². The van der Waals surface area contributed by atoms with Crippen LogP contribution in [0.1, 0.15) is 35.3 Å². The van der Waals surface area contributed by atoms with Crippen molar-refractivity contribution in [1.82, 2.24) is 29.3 Å². The summed E-state index contributed by atoms with van der Waals surface area (Å²) in [7, 11) is 0. The van der Waals surface area contributed by atoms with Gasteiger partial charge in [0.25, 0.3) is 11.8 Å². The lowest BCUT2D eigenvalue weighted by atomic mass is 10.1. The number of nitrogens with zero attached hydrogens (tertiary/aromatic N) is 6. The molecule has 2 amide bonds. The van der Waals surface area contributed by atoms with Gasteiger partial charge in [0.15, 0.2) is 5.69 Å². The summed E-state index contributed by atoms with van der Waals surface area (Å²) in [4.78, 5) is 36.8. The van der Waals surface area contributed by atoms with Gasteiger partial charge in [-0.2, -0.15) is 13.2 Å². The Morgan fingerprint density at radius 2 is 1.84 bits per heavy atom. The Kier molecular flexibility index (Phi) is 7.29. The largest absolute Gasteiger partial charge is 0.507 e. The number of halogens is 3. The summed E-state index contributed by atoms with van der Waals surface area (Å²) in [6, 6.07) is 4.03. The highest BCUT2D eigenvalue weighted by molar-refractivity contribution is 5.97. The number of hydrogen-bond acceptors (Lipinski definition) is 10. The van der Waals surface area contributed by atoms with Crippen LogP contribution in [0, 0.1) is 0 Å². The third kappa shape index (κ3) is 5.64. The Labute approximate surface area is 241 Å². The number of ether oxygens (including phenoxy) is 2. The van der Waals surface area contributed by atoms with Crippen molar-refractivity contribution >= 4 is 17.6 Å². The van der Waals surface area contributed by atoms with Crippen LogP contribution in [0.5, 0.6) is 17.4 Å². The average molecular weight is 603 g/mol. The topological polar surface area (TPSA) is 156 Å². The fourth-order valence-electron chi connectivity index (χ4n) is 5.16. The lowest BCUT2D eigenvalue weighted by Gasteiger charge is -2.34. The van der Waals surface area contributed by atoms with Crippen LogP contribution in [0.15, 0.2) is 47.6 Å². The van der Waals surface area contributed by atoms with E-state index in [1.807, 2.05) is 0 Å². The number of aromatic hydroxyl groups is 1. The number of rotatable bonds is 5. The van der Waals surface area contributed by atoms with E-state index in [2.05, 4.69) is 19.6 Å². The monoisotopic (exact) mass is 602 g/mol. The Morgan fingerprint density at radius 3 is 2.53 bits per heavy atom. The van der Waals surface area contributed by atoms with Crippen molar-refractivity contribution in [3.63, 3.8) is 0 Å². The fourth-order valence-corrected chi connectivity index (χ4v) is 5.16. The van der Waals surface area contributed by atoms with Gasteiger partial charge in [-0.05, 0) is 25.0 Å². The quantitative estimate of drug-likeness (QED) is 0.345. The molecule has 1 aromatic carbocycles. The molecule has 0 spiro atoms. The predicted octanol–water partition coefficient (Wildman–Crippen LogP) is 3.71.